The van der Waals surface area contributed by atoms with E-state index in [1.807, 2.05) is 6.20 Å². The van der Waals surface area contributed by atoms with E-state index in [4.69, 9.17) is 0 Å². The van der Waals surface area contributed by atoms with E-state index in [9.17, 15) is 0 Å². The molecule has 0 spiro atoms. The van der Waals surface area contributed by atoms with Gasteiger partial charge in [-0.25, -0.2) is 0 Å². The van der Waals surface area contributed by atoms with Gasteiger partial charge in [0.1, 0.15) is 0 Å². The van der Waals surface area contributed by atoms with Crippen molar-refractivity contribution in [1.29, 1.82) is 0 Å². The second-order valence-corrected chi connectivity index (χ2v) is 6.14. The number of hydrogen-bond acceptors (Lipinski definition) is 2. The molecule has 0 atom stereocenters. The maximum absolute atomic E-state index is 4.63. The first-order chi connectivity index (χ1) is 10.9. The highest BCUT2D eigenvalue weighted by Gasteiger charge is 2.22. The highest BCUT2D eigenvalue weighted by Crippen LogP contribution is 2.26. The standard InChI is InChI=1S/C19H21N3/c1-2-6-16(7-3-1)15-21-12-10-18(11-13-21)22-19-9-5-4-8-17(19)14-20-22/h1-9,14,18H,10-13,15H2. The average Bonchev–Trinajstić information content (AvgIpc) is 3.01. The maximum Gasteiger partial charge on any atom is 0.0685 e. The van der Waals surface area contributed by atoms with E-state index in [-0.39, 0.29) is 0 Å². The number of hydrogen-bond donors (Lipinski definition) is 0. The Bertz CT molecular complexity index is 739. The Hall–Kier alpha value is -2.13. The second kappa shape index (κ2) is 5.93. The van der Waals surface area contributed by atoms with Gasteiger partial charge in [0.25, 0.3) is 0 Å². The molecule has 2 aromatic carbocycles. The number of piperidine rings is 1. The van der Waals surface area contributed by atoms with Crippen molar-refractivity contribution in [2.24, 2.45) is 0 Å². The van der Waals surface area contributed by atoms with Crippen LogP contribution in [0.3, 0.4) is 0 Å². The molecule has 0 aliphatic carbocycles. The van der Waals surface area contributed by atoms with Crippen molar-refractivity contribution < 1.29 is 0 Å². The summed E-state index contributed by atoms with van der Waals surface area (Å²) in [5.41, 5.74) is 2.68. The average molecular weight is 291 g/mol. The molecule has 0 N–H and O–H groups in total. The summed E-state index contributed by atoms with van der Waals surface area (Å²) in [4.78, 5) is 2.55. The summed E-state index contributed by atoms with van der Waals surface area (Å²) in [6.45, 7) is 3.36. The molecule has 1 aliphatic rings. The van der Waals surface area contributed by atoms with E-state index in [2.05, 4.69) is 69.3 Å². The molecule has 2 heterocycles. The van der Waals surface area contributed by atoms with Gasteiger partial charge in [-0.05, 0) is 24.5 Å². The molecule has 1 aliphatic heterocycles. The molecular formula is C19H21N3. The molecule has 4 rings (SSSR count). The van der Waals surface area contributed by atoms with Gasteiger partial charge in [-0.15, -0.1) is 0 Å². The van der Waals surface area contributed by atoms with Gasteiger partial charge in [0.15, 0.2) is 0 Å². The van der Waals surface area contributed by atoms with Crippen LogP contribution in [0, 0.1) is 0 Å². The normalized spacial score (nSPS) is 17.1. The molecule has 0 unspecified atom stereocenters. The predicted octanol–water partition coefficient (Wildman–Crippen LogP) is 3.87. The Kier molecular flexibility index (Phi) is 3.65. The van der Waals surface area contributed by atoms with Gasteiger partial charge in [-0.3, -0.25) is 9.58 Å². The first-order valence-corrected chi connectivity index (χ1v) is 8.09. The van der Waals surface area contributed by atoms with Crippen LogP contribution in [-0.4, -0.2) is 27.8 Å². The molecule has 1 aromatic heterocycles. The van der Waals surface area contributed by atoms with Gasteiger partial charge < -0.3 is 0 Å². The Morgan fingerprint density at radius 1 is 0.909 bits per heavy atom. The molecule has 3 nitrogen and oxygen atoms in total. The lowest BCUT2D eigenvalue weighted by atomic mass is 10.0. The highest BCUT2D eigenvalue weighted by molar-refractivity contribution is 5.78. The first kappa shape index (κ1) is 13.5. The quantitative estimate of drug-likeness (QED) is 0.730. The van der Waals surface area contributed by atoms with Crippen LogP contribution in [-0.2, 0) is 6.54 Å². The van der Waals surface area contributed by atoms with Crippen LogP contribution in [0.2, 0.25) is 0 Å². The van der Waals surface area contributed by atoms with Crippen molar-refractivity contribution in [1.82, 2.24) is 14.7 Å². The minimum Gasteiger partial charge on any atom is -0.299 e. The molecule has 22 heavy (non-hydrogen) atoms. The van der Waals surface area contributed by atoms with Gasteiger partial charge in [0, 0.05) is 25.0 Å². The topological polar surface area (TPSA) is 21.1 Å². The third kappa shape index (κ3) is 2.64. The van der Waals surface area contributed by atoms with E-state index in [1.54, 1.807) is 0 Å². The molecule has 3 aromatic rings. The Labute approximate surface area is 131 Å². The zero-order valence-electron chi connectivity index (χ0n) is 12.7. The van der Waals surface area contributed by atoms with Crippen LogP contribution < -0.4 is 0 Å². The highest BCUT2D eigenvalue weighted by atomic mass is 15.3. The molecule has 3 heteroatoms. The summed E-state index contributed by atoms with van der Waals surface area (Å²) in [6, 6.07) is 19.8. The van der Waals surface area contributed by atoms with Gasteiger partial charge in [-0.1, -0.05) is 48.5 Å². The fraction of sp³-hybridized carbons (Fsp3) is 0.316. The van der Waals surface area contributed by atoms with Gasteiger partial charge in [-0.2, -0.15) is 5.10 Å². The number of fused-ring (bicyclic) bond motifs is 1. The van der Waals surface area contributed by atoms with Gasteiger partial charge >= 0.3 is 0 Å². The van der Waals surface area contributed by atoms with Crippen LogP contribution in [0.5, 0.6) is 0 Å². The first-order valence-electron chi connectivity index (χ1n) is 8.09. The molecular weight excluding hydrogens is 270 g/mol. The number of para-hydroxylation sites is 1. The predicted molar refractivity (Wildman–Crippen MR) is 89.7 cm³/mol. The third-order valence-corrected chi connectivity index (χ3v) is 4.66. The van der Waals surface area contributed by atoms with Crippen molar-refractivity contribution in [3.8, 4) is 0 Å². The van der Waals surface area contributed by atoms with Crippen molar-refractivity contribution in [3.05, 3.63) is 66.4 Å². The van der Waals surface area contributed by atoms with Gasteiger partial charge in [0.05, 0.1) is 17.8 Å². The lowest BCUT2D eigenvalue weighted by Crippen LogP contribution is -2.34. The van der Waals surface area contributed by atoms with Crippen molar-refractivity contribution in [2.75, 3.05) is 13.1 Å². The van der Waals surface area contributed by atoms with Crippen LogP contribution in [0.15, 0.2) is 60.8 Å². The Balaban J connectivity index is 1.43. The fourth-order valence-electron chi connectivity index (χ4n) is 3.45. The minimum atomic E-state index is 0.534. The SMILES string of the molecule is c1ccc(CN2CCC(n3ncc4ccccc43)CC2)cc1. The Morgan fingerprint density at radius 2 is 1.64 bits per heavy atom. The maximum atomic E-state index is 4.63. The summed E-state index contributed by atoms with van der Waals surface area (Å²) < 4.78 is 2.23. The zero-order chi connectivity index (χ0) is 14.8. The molecule has 0 amide bonds. The minimum absolute atomic E-state index is 0.534. The van der Waals surface area contributed by atoms with Crippen molar-refractivity contribution in [2.45, 2.75) is 25.4 Å². The summed E-state index contributed by atoms with van der Waals surface area (Å²) in [5, 5.41) is 5.87. The summed E-state index contributed by atoms with van der Waals surface area (Å²) in [5.74, 6) is 0. The summed E-state index contributed by atoms with van der Waals surface area (Å²) in [6.07, 6.45) is 4.35. The van der Waals surface area contributed by atoms with E-state index in [1.165, 1.54) is 29.3 Å². The Morgan fingerprint density at radius 3 is 2.45 bits per heavy atom. The molecule has 0 bridgehead atoms. The number of likely N-dealkylation sites (tertiary alicyclic amines) is 1. The number of benzene rings is 2. The van der Waals surface area contributed by atoms with E-state index < -0.39 is 0 Å². The molecule has 1 saturated heterocycles. The van der Waals surface area contributed by atoms with Crippen molar-refractivity contribution >= 4 is 10.9 Å². The molecule has 1 fully saturated rings. The molecule has 0 saturated carbocycles. The third-order valence-electron chi connectivity index (χ3n) is 4.66. The molecule has 0 radical (unpaired) electrons. The largest absolute Gasteiger partial charge is 0.299 e. The second-order valence-electron chi connectivity index (χ2n) is 6.14. The fourth-order valence-corrected chi connectivity index (χ4v) is 3.45. The zero-order valence-corrected chi connectivity index (χ0v) is 12.7. The van der Waals surface area contributed by atoms with E-state index >= 15 is 0 Å². The number of aromatic nitrogens is 2. The van der Waals surface area contributed by atoms with Crippen LogP contribution in [0.25, 0.3) is 10.9 Å². The lowest BCUT2D eigenvalue weighted by molar-refractivity contribution is 0.175. The lowest BCUT2D eigenvalue weighted by Gasteiger charge is -2.32. The van der Waals surface area contributed by atoms with E-state index in [0.29, 0.717) is 6.04 Å². The summed E-state index contributed by atoms with van der Waals surface area (Å²) >= 11 is 0. The smallest absolute Gasteiger partial charge is 0.0685 e. The number of nitrogens with zero attached hydrogens (tertiary/aromatic N) is 3. The van der Waals surface area contributed by atoms with E-state index in [0.717, 1.165) is 19.6 Å². The summed E-state index contributed by atoms with van der Waals surface area (Å²) in [7, 11) is 0. The van der Waals surface area contributed by atoms with Crippen LogP contribution in [0.1, 0.15) is 24.4 Å². The van der Waals surface area contributed by atoms with Crippen LogP contribution >= 0.6 is 0 Å². The van der Waals surface area contributed by atoms with Crippen molar-refractivity contribution in [3.63, 3.8) is 0 Å². The van der Waals surface area contributed by atoms with Crippen LogP contribution in [0.4, 0.5) is 0 Å². The molecule has 112 valence electrons. The number of rotatable bonds is 3. The van der Waals surface area contributed by atoms with Gasteiger partial charge in [0.2, 0.25) is 0 Å². The monoisotopic (exact) mass is 291 g/mol.